The largest absolute Gasteiger partial charge is 0.352 e. The van der Waals surface area contributed by atoms with E-state index < -0.39 is 0 Å². The maximum atomic E-state index is 12.5. The summed E-state index contributed by atoms with van der Waals surface area (Å²) in [5.41, 5.74) is 3.25. The monoisotopic (exact) mass is 474 g/mol. The van der Waals surface area contributed by atoms with Gasteiger partial charge in [-0.3, -0.25) is 9.59 Å². The summed E-state index contributed by atoms with van der Waals surface area (Å²) in [5.74, 6) is 0.0537. The molecule has 0 bridgehead atoms. The van der Waals surface area contributed by atoms with Crippen molar-refractivity contribution in [1.29, 1.82) is 0 Å². The summed E-state index contributed by atoms with van der Waals surface area (Å²) in [6.07, 6.45) is 1.34. The van der Waals surface area contributed by atoms with Crippen LogP contribution in [-0.2, 0) is 17.9 Å². The molecule has 2 N–H and O–H groups in total. The Bertz CT molecular complexity index is 1240. The van der Waals surface area contributed by atoms with Crippen molar-refractivity contribution >= 4 is 45.0 Å². The van der Waals surface area contributed by atoms with Gasteiger partial charge in [-0.1, -0.05) is 49.4 Å². The molecule has 0 spiro atoms. The molecule has 3 aromatic carbocycles. The van der Waals surface area contributed by atoms with Crippen molar-refractivity contribution in [3.63, 3.8) is 0 Å². The van der Waals surface area contributed by atoms with Gasteiger partial charge in [0.1, 0.15) is 0 Å². The lowest BCUT2D eigenvalue weighted by atomic mass is 10.00. The molecule has 33 heavy (non-hydrogen) atoms. The van der Waals surface area contributed by atoms with Gasteiger partial charge in [0.25, 0.3) is 5.24 Å². The van der Waals surface area contributed by atoms with E-state index in [1.807, 2.05) is 55.5 Å². The maximum absolute atomic E-state index is 12.5. The fraction of sp³-hybridized carbons (Fsp3) is 0.185. The Morgan fingerprint density at radius 3 is 2.52 bits per heavy atom. The zero-order valence-electron chi connectivity index (χ0n) is 18.5. The highest BCUT2D eigenvalue weighted by Gasteiger charge is 2.11. The molecule has 0 aliphatic rings. The van der Waals surface area contributed by atoms with E-state index in [2.05, 4.69) is 40.3 Å². The maximum Gasteiger partial charge on any atom is 0.284 e. The summed E-state index contributed by atoms with van der Waals surface area (Å²) in [6, 6.07) is 24.4. The van der Waals surface area contributed by atoms with Crippen molar-refractivity contribution < 1.29 is 9.59 Å². The summed E-state index contributed by atoms with van der Waals surface area (Å²) >= 11 is 2.88. The van der Waals surface area contributed by atoms with E-state index >= 15 is 0 Å². The predicted octanol–water partition coefficient (Wildman–Crippen LogP) is 6.99. The van der Waals surface area contributed by atoms with Crippen molar-refractivity contribution in [3.05, 3.63) is 89.3 Å². The second-order valence-corrected chi connectivity index (χ2v) is 9.75. The number of amides is 2. The van der Waals surface area contributed by atoms with Gasteiger partial charge in [0.05, 0.1) is 0 Å². The molecule has 4 rings (SSSR count). The van der Waals surface area contributed by atoms with Crippen LogP contribution >= 0.6 is 23.1 Å². The van der Waals surface area contributed by atoms with Gasteiger partial charge >= 0.3 is 0 Å². The van der Waals surface area contributed by atoms with Crippen LogP contribution in [0.3, 0.4) is 0 Å². The molecule has 1 heterocycles. The second-order valence-electron chi connectivity index (χ2n) is 7.75. The van der Waals surface area contributed by atoms with Crippen molar-refractivity contribution in [1.82, 2.24) is 10.6 Å². The third-order valence-corrected chi connectivity index (χ3v) is 7.00. The smallest absolute Gasteiger partial charge is 0.284 e. The third-order valence-electron chi connectivity index (χ3n) is 5.26. The van der Waals surface area contributed by atoms with Crippen LogP contribution in [0.1, 0.15) is 30.9 Å². The van der Waals surface area contributed by atoms with Crippen LogP contribution in [0.25, 0.3) is 21.2 Å². The highest BCUT2D eigenvalue weighted by molar-refractivity contribution is 8.13. The lowest BCUT2D eigenvalue weighted by molar-refractivity contribution is -0.121. The van der Waals surface area contributed by atoms with Crippen molar-refractivity contribution in [2.75, 3.05) is 0 Å². The lowest BCUT2D eigenvalue weighted by Crippen LogP contribution is -2.22. The van der Waals surface area contributed by atoms with Gasteiger partial charge in [0, 0.05) is 29.3 Å². The van der Waals surface area contributed by atoms with Crippen molar-refractivity contribution in [3.8, 4) is 10.4 Å². The Kier molecular flexibility index (Phi) is 7.81. The molecule has 0 aliphatic heterocycles. The van der Waals surface area contributed by atoms with Crippen LogP contribution < -0.4 is 10.6 Å². The van der Waals surface area contributed by atoms with Crippen LogP contribution in [0, 0.1) is 0 Å². The Morgan fingerprint density at radius 2 is 1.76 bits per heavy atom. The molecule has 6 heteroatoms. The number of hydrogen-bond donors (Lipinski definition) is 2. The molecule has 168 valence electrons. The second kappa shape index (κ2) is 11.2. The van der Waals surface area contributed by atoms with Gasteiger partial charge in [-0.25, -0.2) is 0 Å². The molecule has 0 saturated carbocycles. The quantitative estimate of drug-likeness (QED) is 0.271. The fourth-order valence-corrected chi connectivity index (χ4v) is 5.02. The summed E-state index contributed by atoms with van der Waals surface area (Å²) < 4.78 is 0. The van der Waals surface area contributed by atoms with Crippen LogP contribution in [0.4, 0.5) is 4.79 Å². The summed E-state index contributed by atoms with van der Waals surface area (Å²) in [5, 5.41) is 10.1. The first kappa shape index (κ1) is 23.1. The number of carbonyl (C=O) groups excluding carboxylic acids is 2. The standard InChI is InChI=1S/C27H26N2O2S2/c1-2-7-26(30)28-18-22-15-21(25-10-6-13-32-25)14-20-11-12-23(16-24(20)22)33-27(31)29-17-19-8-4-3-5-9-19/h3-6,8-16H,2,7,17-18H2,1H3,(H,28,30)(H,29,31). The number of thiophene rings is 1. The molecule has 0 saturated heterocycles. The molecule has 1 aromatic heterocycles. The van der Waals surface area contributed by atoms with Crippen LogP contribution in [-0.4, -0.2) is 11.1 Å². The number of carbonyl (C=O) groups is 2. The molecular weight excluding hydrogens is 448 g/mol. The van der Waals surface area contributed by atoms with E-state index in [0.29, 0.717) is 19.5 Å². The van der Waals surface area contributed by atoms with Gasteiger partial charge < -0.3 is 10.6 Å². The lowest BCUT2D eigenvalue weighted by Gasteiger charge is -2.13. The first-order valence-corrected chi connectivity index (χ1v) is 12.7. The van der Waals surface area contributed by atoms with E-state index in [4.69, 9.17) is 0 Å². The number of nitrogens with one attached hydrogen (secondary N) is 2. The van der Waals surface area contributed by atoms with Gasteiger partial charge in [0.2, 0.25) is 5.91 Å². The third kappa shape index (κ3) is 6.24. The minimum atomic E-state index is -0.0915. The zero-order valence-corrected chi connectivity index (χ0v) is 20.1. The predicted molar refractivity (Wildman–Crippen MR) is 139 cm³/mol. The number of benzene rings is 3. The molecule has 0 fully saturated rings. The Labute approximate surface area is 202 Å². The molecule has 2 amide bonds. The molecule has 0 radical (unpaired) electrons. The van der Waals surface area contributed by atoms with Gasteiger partial charge in [-0.05, 0) is 81.4 Å². The Hall–Kier alpha value is -3.09. The first-order chi connectivity index (χ1) is 16.1. The number of thioether (sulfide) groups is 1. The number of rotatable bonds is 8. The summed E-state index contributed by atoms with van der Waals surface area (Å²) in [7, 11) is 0. The van der Waals surface area contributed by atoms with E-state index in [-0.39, 0.29) is 11.1 Å². The first-order valence-electron chi connectivity index (χ1n) is 11.0. The fourth-order valence-electron chi connectivity index (χ4n) is 3.63. The summed E-state index contributed by atoms with van der Waals surface area (Å²) in [6.45, 7) is 2.96. The van der Waals surface area contributed by atoms with Gasteiger partial charge in [0.15, 0.2) is 0 Å². The molecule has 0 unspecified atom stereocenters. The SMILES string of the molecule is CCCC(=O)NCc1cc(-c2cccs2)cc2ccc(SC(=O)NCc3ccccc3)cc12. The Morgan fingerprint density at radius 1 is 0.909 bits per heavy atom. The van der Waals surface area contributed by atoms with Crippen LogP contribution in [0.2, 0.25) is 0 Å². The average molecular weight is 475 g/mol. The highest BCUT2D eigenvalue weighted by atomic mass is 32.2. The Balaban J connectivity index is 1.56. The van der Waals surface area contributed by atoms with Crippen LogP contribution in [0.15, 0.2) is 83.1 Å². The topological polar surface area (TPSA) is 58.2 Å². The molecule has 0 atom stereocenters. The minimum absolute atomic E-state index is 0.0537. The average Bonchev–Trinajstić information content (AvgIpc) is 3.37. The van der Waals surface area contributed by atoms with E-state index in [9.17, 15) is 9.59 Å². The van der Waals surface area contributed by atoms with Crippen molar-refractivity contribution in [2.24, 2.45) is 0 Å². The number of fused-ring (bicyclic) bond motifs is 1. The molecule has 0 aliphatic carbocycles. The zero-order chi connectivity index (χ0) is 23.0. The van der Waals surface area contributed by atoms with E-state index in [0.717, 1.165) is 38.8 Å². The van der Waals surface area contributed by atoms with Gasteiger partial charge in [-0.2, -0.15) is 0 Å². The number of hydrogen-bond acceptors (Lipinski definition) is 4. The molecule has 4 nitrogen and oxygen atoms in total. The van der Waals surface area contributed by atoms with Crippen LogP contribution in [0.5, 0.6) is 0 Å². The minimum Gasteiger partial charge on any atom is -0.352 e. The highest BCUT2D eigenvalue weighted by Crippen LogP contribution is 2.33. The van der Waals surface area contributed by atoms with E-state index in [1.165, 1.54) is 16.6 Å². The molecule has 4 aromatic rings. The van der Waals surface area contributed by atoms with Gasteiger partial charge in [-0.15, -0.1) is 11.3 Å². The molecular formula is C27H26N2O2S2. The van der Waals surface area contributed by atoms with Crippen molar-refractivity contribution in [2.45, 2.75) is 37.8 Å². The summed E-state index contributed by atoms with van der Waals surface area (Å²) in [4.78, 5) is 26.7. The normalized spacial score (nSPS) is 10.8. The van der Waals surface area contributed by atoms with E-state index in [1.54, 1.807) is 11.3 Å².